The van der Waals surface area contributed by atoms with E-state index in [0.717, 1.165) is 11.1 Å². The number of amides is 4. The third-order valence-corrected chi connectivity index (χ3v) is 6.86. The molecule has 36 heavy (non-hydrogen) atoms. The second-order valence-corrected chi connectivity index (χ2v) is 9.14. The first kappa shape index (κ1) is 24.1. The van der Waals surface area contributed by atoms with E-state index in [1.807, 2.05) is 24.3 Å². The minimum atomic E-state index is -1.70. The van der Waals surface area contributed by atoms with Crippen molar-refractivity contribution in [3.8, 4) is 5.75 Å². The molecule has 0 N–H and O–H groups in total. The van der Waals surface area contributed by atoms with Crippen LogP contribution in [0.5, 0.6) is 5.75 Å². The van der Waals surface area contributed by atoms with Crippen LogP contribution in [0.25, 0.3) is 0 Å². The van der Waals surface area contributed by atoms with Gasteiger partial charge in [0.15, 0.2) is 0 Å². The van der Waals surface area contributed by atoms with Crippen LogP contribution in [0, 0.1) is 0 Å². The van der Waals surface area contributed by atoms with Crippen LogP contribution in [0.2, 0.25) is 0 Å². The van der Waals surface area contributed by atoms with Gasteiger partial charge in [-0.15, -0.1) is 0 Å². The highest BCUT2D eigenvalue weighted by Gasteiger charge is 2.50. The molecule has 4 amide bonds. The van der Waals surface area contributed by atoms with Crippen LogP contribution in [0.3, 0.4) is 0 Å². The second-order valence-electron chi connectivity index (χ2n) is 9.14. The number of piperidine rings is 1. The summed E-state index contributed by atoms with van der Waals surface area (Å²) in [6.07, 6.45) is -0.0331. The van der Waals surface area contributed by atoms with E-state index < -0.39 is 23.2 Å². The van der Waals surface area contributed by atoms with Gasteiger partial charge < -0.3 is 24.1 Å². The van der Waals surface area contributed by atoms with E-state index in [-0.39, 0.29) is 38.5 Å². The fraction of sp³-hybridized carbons (Fsp3) is 0.360. The van der Waals surface area contributed by atoms with E-state index in [1.165, 1.54) is 4.90 Å². The maximum Gasteiger partial charge on any atom is 0.254 e. The quantitative estimate of drug-likeness (QED) is 0.443. The molecule has 2 saturated heterocycles. The molecule has 0 spiro atoms. The minimum absolute atomic E-state index is 0.00329. The molecule has 11 heteroatoms. The van der Waals surface area contributed by atoms with E-state index in [4.69, 9.17) is 25.3 Å². The van der Waals surface area contributed by atoms with Gasteiger partial charge >= 0.3 is 0 Å². The van der Waals surface area contributed by atoms with Crippen molar-refractivity contribution in [3.63, 3.8) is 0 Å². The van der Waals surface area contributed by atoms with Gasteiger partial charge in [-0.3, -0.25) is 19.2 Å². The minimum Gasteiger partial charge on any atom is -0.489 e. The fourth-order valence-corrected chi connectivity index (χ4v) is 4.70. The summed E-state index contributed by atoms with van der Waals surface area (Å²) in [6.45, 7) is 2.10. The lowest BCUT2D eigenvalue weighted by atomic mass is 9.68. The number of rotatable bonds is 6. The molecule has 0 bridgehead atoms. The molecule has 2 aromatic carbocycles. The molecule has 3 heterocycles. The summed E-state index contributed by atoms with van der Waals surface area (Å²) in [7, 11) is 11.9. The molecular weight excluding hydrogens is 460 g/mol. The summed E-state index contributed by atoms with van der Waals surface area (Å²) in [6, 6.07) is 12.9. The third kappa shape index (κ3) is 4.28. The maximum absolute atomic E-state index is 13.1. The molecule has 180 valence electrons. The Kier molecular flexibility index (Phi) is 6.34. The number of imide groups is 1. The summed E-state index contributed by atoms with van der Waals surface area (Å²) >= 11 is 0. The van der Waals surface area contributed by atoms with Gasteiger partial charge in [0.25, 0.3) is 5.91 Å². The molecule has 2 fully saturated rings. The van der Waals surface area contributed by atoms with Crippen LogP contribution in [0.15, 0.2) is 42.5 Å². The number of fused-ring (bicyclic) bond motifs is 1. The number of benzene rings is 2. The summed E-state index contributed by atoms with van der Waals surface area (Å²) in [5.41, 5.74) is 1.25. The van der Waals surface area contributed by atoms with Gasteiger partial charge in [0, 0.05) is 30.6 Å². The van der Waals surface area contributed by atoms with E-state index in [0.29, 0.717) is 41.4 Å². The molecular formula is C25H23B2N3O6. The zero-order valence-electron chi connectivity index (χ0n) is 19.6. The van der Waals surface area contributed by atoms with Gasteiger partial charge in [0.05, 0.1) is 18.6 Å². The molecule has 3 aliphatic heterocycles. The fourth-order valence-electron chi connectivity index (χ4n) is 4.70. The highest BCUT2D eigenvalue weighted by Crippen LogP contribution is 2.38. The van der Waals surface area contributed by atoms with E-state index in [1.54, 1.807) is 23.1 Å². The lowest BCUT2D eigenvalue weighted by molar-refractivity contribution is -0.147. The van der Waals surface area contributed by atoms with Crippen molar-refractivity contribution in [3.05, 3.63) is 64.7 Å². The van der Waals surface area contributed by atoms with Gasteiger partial charge in [-0.25, -0.2) is 0 Å². The first-order valence-corrected chi connectivity index (χ1v) is 11.7. The number of carbonyl (C=O) groups excluding carboxylic acids is 4. The van der Waals surface area contributed by atoms with Gasteiger partial charge in [-0.2, -0.15) is 0 Å². The van der Waals surface area contributed by atoms with Crippen LogP contribution in [0.1, 0.15) is 39.9 Å². The van der Waals surface area contributed by atoms with E-state index in [9.17, 15) is 19.2 Å². The lowest BCUT2D eigenvalue weighted by Gasteiger charge is -2.43. The Morgan fingerprint density at radius 3 is 2.50 bits per heavy atom. The molecule has 2 aromatic rings. The van der Waals surface area contributed by atoms with Gasteiger partial charge in [-0.05, 0) is 29.7 Å². The highest BCUT2D eigenvalue weighted by molar-refractivity contribution is 6.38. The van der Waals surface area contributed by atoms with Crippen molar-refractivity contribution in [1.82, 2.24) is 14.6 Å². The smallest absolute Gasteiger partial charge is 0.254 e. The van der Waals surface area contributed by atoms with Gasteiger partial charge in [0.1, 0.15) is 26.8 Å². The van der Waals surface area contributed by atoms with E-state index >= 15 is 0 Å². The van der Waals surface area contributed by atoms with Crippen LogP contribution in [0.4, 0.5) is 0 Å². The van der Waals surface area contributed by atoms with Crippen molar-refractivity contribution in [2.45, 2.75) is 38.0 Å². The average Bonchev–Trinajstić information content (AvgIpc) is 3.24. The van der Waals surface area contributed by atoms with Gasteiger partial charge in [-0.1, -0.05) is 30.3 Å². The van der Waals surface area contributed by atoms with Crippen LogP contribution >= 0.6 is 0 Å². The Labute approximate surface area is 211 Å². The number of hydrogen-bond acceptors (Lipinski definition) is 6. The monoisotopic (exact) mass is 483 g/mol. The van der Waals surface area contributed by atoms with Crippen molar-refractivity contribution >= 4 is 39.5 Å². The summed E-state index contributed by atoms with van der Waals surface area (Å²) in [5.74, 6) is -1.25. The van der Waals surface area contributed by atoms with E-state index in [2.05, 4.69) is 0 Å². The average molecular weight is 483 g/mol. The molecule has 0 saturated carbocycles. The zero-order chi connectivity index (χ0) is 25.4. The molecule has 4 radical (unpaired) electrons. The standard InChI is InChI=1S/C25H23B2N3O6/c26-25(9-8-21(31)30(27)24(25)34)29-13-19-18(23(29)33)2-1-3-20(19)36-14-17-6-4-16(5-7-17)12-28-10-11-35-15-22(28)32/h1-7H,8-15H2. The largest absolute Gasteiger partial charge is 0.489 e. The van der Waals surface area contributed by atoms with Crippen molar-refractivity contribution in [1.29, 1.82) is 0 Å². The second kappa shape index (κ2) is 9.46. The Morgan fingerprint density at radius 2 is 1.75 bits per heavy atom. The normalized spacial score (nSPS) is 22.3. The molecule has 9 nitrogen and oxygen atoms in total. The topological polar surface area (TPSA) is 96.5 Å². The number of nitrogens with zero attached hydrogens (tertiary/aromatic N) is 3. The van der Waals surface area contributed by atoms with Crippen molar-refractivity contribution < 1.29 is 28.7 Å². The molecule has 1 unspecified atom stereocenters. The molecule has 0 aliphatic carbocycles. The first-order chi connectivity index (χ1) is 17.3. The summed E-state index contributed by atoms with van der Waals surface area (Å²) < 4.78 is 11.2. The van der Waals surface area contributed by atoms with Gasteiger partial charge in [0.2, 0.25) is 25.7 Å². The van der Waals surface area contributed by atoms with Crippen molar-refractivity contribution in [2.24, 2.45) is 0 Å². The number of carbonyl (C=O) groups is 4. The number of hydrogen-bond donors (Lipinski definition) is 0. The predicted octanol–water partition coefficient (Wildman–Crippen LogP) is 0.677. The molecule has 0 aromatic heterocycles. The Morgan fingerprint density at radius 1 is 1.00 bits per heavy atom. The SMILES string of the molecule is [B]N1C(=O)CCC([B])(N2Cc3c(OCc4ccc(CN5CCOCC5=O)cc4)cccc3C2=O)C1=O. The number of morpholine rings is 1. The number of ether oxygens (including phenoxy) is 2. The highest BCUT2D eigenvalue weighted by atomic mass is 16.5. The van der Waals surface area contributed by atoms with Crippen LogP contribution in [-0.4, -0.2) is 79.3 Å². The summed E-state index contributed by atoms with van der Waals surface area (Å²) in [5, 5.41) is 0. The molecule has 1 atom stereocenters. The van der Waals surface area contributed by atoms with Crippen LogP contribution in [-0.2, 0) is 38.8 Å². The molecule has 5 rings (SSSR count). The maximum atomic E-state index is 13.1. The molecule has 3 aliphatic rings. The predicted molar refractivity (Wildman–Crippen MR) is 129 cm³/mol. The zero-order valence-corrected chi connectivity index (χ0v) is 19.6. The van der Waals surface area contributed by atoms with Crippen molar-refractivity contribution in [2.75, 3.05) is 19.8 Å². The Bertz CT molecular complexity index is 1240. The first-order valence-electron chi connectivity index (χ1n) is 11.7. The Hall–Kier alpha value is -3.59. The van der Waals surface area contributed by atoms with Crippen LogP contribution < -0.4 is 4.74 Å². The third-order valence-electron chi connectivity index (χ3n) is 6.86. The lowest BCUT2D eigenvalue weighted by Crippen LogP contribution is -2.64. The Balaban J connectivity index is 1.27. The summed E-state index contributed by atoms with van der Waals surface area (Å²) in [4.78, 5) is 53.1.